The summed E-state index contributed by atoms with van der Waals surface area (Å²) in [5, 5.41) is 16.8. The first kappa shape index (κ1) is 18.4. The molecule has 1 saturated carbocycles. The maximum absolute atomic E-state index is 10.2. The number of nitrogens with one attached hydrogen (secondary N) is 2. The van der Waals surface area contributed by atoms with Crippen LogP contribution in [0.1, 0.15) is 44.7 Å². The average Bonchev–Trinajstić information content (AvgIpc) is 2.57. The van der Waals surface area contributed by atoms with Crippen molar-refractivity contribution in [3.63, 3.8) is 0 Å². The quantitative estimate of drug-likeness (QED) is 0.526. The van der Waals surface area contributed by atoms with Crippen LogP contribution >= 0.6 is 0 Å². The van der Waals surface area contributed by atoms with E-state index >= 15 is 0 Å². The van der Waals surface area contributed by atoms with Crippen LogP contribution in [0.2, 0.25) is 0 Å². The van der Waals surface area contributed by atoms with Crippen LogP contribution in [-0.2, 0) is 0 Å². The first-order chi connectivity index (χ1) is 11.5. The first-order valence-corrected chi connectivity index (χ1v) is 8.50. The molecule has 0 radical (unpaired) electrons. The van der Waals surface area contributed by atoms with Crippen LogP contribution in [0.25, 0.3) is 0 Å². The van der Waals surface area contributed by atoms with E-state index in [-0.39, 0.29) is 6.04 Å². The Bertz CT molecular complexity index is 571. The van der Waals surface area contributed by atoms with Gasteiger partial charge in [0, 0.05) is 12.1 Å². The smallest absolute Gasteiger partial charge is 0.191 e. The number of aliphatic hydroxyl groups is 1. The predicted octanol–water partition coefficient (Wildman–Crippen LogP) is 2.23. The second-order valence-corrected chi connectivity index (χ2v) is 6.25. The summed E-state index contributed by atoms with van der Waals surface area (Å²) in [6.07, 6.45) is 2.73. The SMILES string of the molecule is CCNC(=NCC1(O)CCC1)NC(C)c1cc(OC)ccc1OC. The van der Waals surface area contributed by atoms with Gasteiger partial charge in [0.1, 0.15) is 11.5 Å². The zero-order chi connectivity index (χ0) is 17.6. The standard InChI is InChI=1S/C18H29N3O3/c1-5-19-17(20-12-18(22)9-6-10-18)21-13(2)15-11-14(23-3)7-8-16(15)24-4/h7-8,11,13,22H,5-6,9-10,12H2,1-4H3,(H2,19,20,21). The number of guanidine groups is 1. The van der Waals surface area contributed by atoms with Gasteiger partial charge in [-0.25, -0.2) is 0 Å². The number of aliphatic imine (C=N–C) groups is 1. The minimum atomic E-state index is -0.626. The molecular weight excluding hydrogens is 306 g/mol. The van der Waals surface area contributed by atoms with Gasteiger partial charge in [-0.2, -0.15) is 0 Å². The number of benzene rings is 1. The number of nitrogens with zero attached hydrogens (tertiary/aromatic N) is 1. The molecule has 0 heterocycles. The maximum atomic E-state index is 10.2. The van der Waals surface area contributed by atoms with E-state index in [1.807, 2.05) is 32.0 Å². The first-order valence-electron chi connectivity index (χ1n) is 8.50. The summed E-state index contributed by atoms with van der Waals surface area (Å²) >= 11 is 0. The fraction of sp³-hybridized carbons (Fsp3) is 0.611. The van der Waals surface area contributed by atoms with Crippen LogP contribution in [0, 0.1) is 0 Å². The van der Waals surface area contributed by atoms with Crippen LogP contribution in [0.3, 0.4) is 0 Å². The molecule has 3 N–H and O–H groups in total. The lowest BCUT2D eigenvalue weighted by Crippen LogP contribution is -2.43. The third kappa shape index (κ3) is 4.54. The molecular formula is C18H29N3O3. The molecule has 1 aliphatic carbocycles. The van der Waals surface area contributed by atoms with Gasteiger partial charge in [0.25, 0.3) is 0 Å². The lowest BCUT2D eigenvalue weighted by atomic mass is 9.80. The van der Waals surface area contributed by atoms with Crippen LogP contribution in [0.15, 0.2) is 23.2 Å². The molecule has 0 saturated heterocycles. The molecule has 2 rings (SSSR count). The number of ether oxygens (including phenoxy) is 2. The van der Waals surface area contributed by atoms with E-state index < -0.39 is 5.60 Å². The Labute approximate surface area is 144 Å². The Morgan fingerprint density at radius 3 is 2.62 bits per heavy atom. The molecule has 0 aliphatic heterocycles. The Morgan fingerprint density at radius 1 is 1.33 bits per heavy atom. The van der Waals surface area contributed by atoms with Gasteiger partial charge < -0.3 is 25.2 Å². The molecule has 0 aromatic heterocycles. The Morgan fingerprint density at radius 2 is 2.08 bits per heavy atom. The van der Waals surface area contributed by atoms with Gasteiger partial charge in [-0.15, -0.1) is 0 Å². The van der Waals surface area contributed by atoms with E-state index in [2.05, 4.69) is 15.6 Å². The molecule has 0 spiro atoms. The number of rotatable bonds is 7. The molecule has 24 heavy (non-hydrogen) atoms. The van der Waals surface area contributed by atoms with Gasteiger partial charge in [-0.05, 0) is 51.3 Å². The lowest BCUT2D eigenvalue weighted by molar-refractivity contribution is -0.0236. The minimum absolute atomic E-state index is 0.0242. The average molecular weight is 335 g/mol. The highest BCUT2D eigenvalue weighted by atomic mass is 16.5. The monoisotopic (exact) mass is 335 g/mol. The van der Waals surface area contributed by atoms with Crippen molar-refractivity contribution in [2.24, 2.45) is 4.99 Å². The maximum Gasteiger partial charge on any atom is 0.191 e. The van der Waals surface area contributed by atoms with E-state index in [0.29, 0.717) is 12.5 Å². The number of hydrogen-bond donors (Lipinski definition) is 3. The van der Waals surface area contributed by atoms with E-state index in [4.69, 9.17) is 9.47 Å². The Kier molecular flexibility index (Phi) is 6.31. The van der Waals surface area contributed by atoms with Crippen molar-refractivity contribution in [3.05, 3.63) is 23.8 Å². The molecule has 1 unspecified atom stereocenters. The van der Waals surface area contributed by atoms with Gasteiger partial charge in [-0.1, -0.05) is 0 Å². The minimum Gasteiger partial charge on any atom is -0.497 e. The molecule has 1 aromatic rings. The summed E-state index contributed by atoms with van der Waals surface area (Å²) < 4.78 is 10.8. The van der Waals surface area contributed by atoms with Gasteiger partial charge in [-0.3, -0.25) is 4.99 Å². The van der Waals surface area contributed by atoms with Gasteiger partial charge in [0.2, 0.25) is 0 Å². The molecule has 0 amide bonds. The van der Waals surface area contributed by atoms with E-state index in [1.165, 1.54) is 0 Å². The normalized spacial score (nSPS) is 17.6. The predicted molar refractivity (Wildman–Crippen MR) is 95.9 cm³/mol. The highest BCUT2D eigenvalue weighted by Crippen LogP contribution is 2.32. The molecule has 6 heteroatoms. The van der Waals surface area contributed by atoms with Crippen LogP contribution in [0.5, 0.6) is 11.5 Å². The number of methoxy groups -OCH3 is 2. The van der Waals surface area contributed by atoms with Crippen LogP contribution < -0.4 is 20.1 Å². The Balaban J connectivity index is 2.11. The third-order valence-electron chi connectivity index (χ3n) is 4.42. The van der Waals surface area contributed by atoms with Crippen LogP contribution in [0.4, 0.5) is 0 Å². The third-order valence-corrected chi connectivity index (χ3v) is 4.42. The van der Waals surface area contributed by atoms with Crippen molar-refractivity contribution >= 4 is 5.96 Å². The van der Waals surface area contributed by atoms with Crippen molar-refractivity contribution in [3.8, 4) is 11.5 Å². The molecule has 0 bridgehead atoms. The summed E-state index contributed by atoms with van der Waals surface area (Å²) in [5.74, 6) is 2.27. The molecule has 6 nitrogen and oxygen atoms in total. The van der Waals surface area contributed by atoms with E-state index in [0.717, 1.165) is 42.9 Å². The summed E-state index contributed by atoms with van der Waals surface area (Å²) in [7, 11) is 3.30. The molecule has 134 valence electrons. The van der Waals surface area contributed by atoms with Crippen molar-refractivity contribution < 1.29 is 14.6 Å². The largest absolute Gasteiger partial charge is 0.497 e. The fourth-order valence-electron chi connectivity index (χ4n) is 2.75. The zero-order valence-electron chi connectivity index (χ0n) is 15.1. The Hall–Kier alpha value is -1.95. The summed E-state index contributed by atoms with van der Waals surface area (Å²) in [4.78, 5) is 4.54. The second-order valence-electron chi connectivity index (χ2n) is 6.25. The molecule has 1 atom stereocenters. The van der Waals surface area contributed by atoms with Gasteiger partial charge >= 0.3 is 0 Å². The zero-order valence-corrected chi connectivity index (χ0v) is 15.1. The van der Waals surface area contributed by atoms with E-state index in [9.17, 15) is 5.11 Å². The topological polar surface area (TPSA) is 75.1 Å². The van der Waals surface area contributed by atoms with E-state index in [1.54, 1.807) is 14.2 Å². The fourth-order valence-corrected chi connectivity index (χ4v) is 2.75. The second kappa shape index (κ2) is 8.24. The molecule has 1 aromatic carbocycles. The van der Waals surface area contributed by atoms with Crippen molar-refractivity contribution in [2.45, 2.75) is 44.8 Å². The summed E-state index contributed by atoms with van der Waals surface area (Å²) in [5.41, 5.74) is 0.365. The van der Waals surface area contributed by atoms with Crippen molar-refractivity contribution in [1.82, 2.24) is 10.6 Å². The summed E-state index contributed by atoms with van der Waals surface area (Å²) in [6, 6.07) is 5.71. The van der Waals surface area contributed by atoms with Crippen molar-refractivity contribution in [1.29, 1.82) is 0 Å². The highest BCUT2D eigenvalue weighted by molar-refractivity contribution is 5.80. The number of hydrogen-bond acceptors (Lipinski definition) is 4. The molecule has 1 fully saturated rings. The molecule has 1 aliphatic rings. The van der Waals surface area contributed by atoms with Gasteiger partial charge in [0.15, 0.2) is 5.96 Å². The lowest BCUT2D eigenvalue weighted by Gasteiger charge is -2.35. The van der Waals surface area contributed by atoms with Gasteiger partial charge in [0.05, 0.1) is 32.4 Å². The van der Waals surface area contributed by atoms with Crippen LogP contribution in [-0.4, -0.2) is 44.0 Å². The summed E-state index contributed by atoms with van der Waals surface area (Å²) in [6.45, 7) is 5.24. The highest BCUT2D eigenvalue weighted by Gasteiger charge is 2.34. The van der Waals surface area contributed by atoms with Crippen molar-refractivity contribution in [2.75, 3.05) is 27.3 Å².